The molecular weight excluding hydrogens is 274 g/mol. The van der Waals surface area contributed by atoms with E-state index >= 15 is 0 Å². The molecule has 4 heteroatoms. The highest BCUT2D eigenvalue weighted by atomic mass is 16.2. The van der Waals surface area contributed by atoms with Crippen molar-refractivity contribution in [1.82, 2.24) is 4.90 Å². The van der Waals surface area contributed by atoms with Crippen LogP contribution in [-0.2, 0) is 0 Å². The molecule has 1 fully saturated rings. The van der Waals surface area contributed by atoms with Crippen molar-refractivity contribution in [2.45, 2.75) is 19.8 Å². The molecule has 3 rings (SSSR count). The minimum Gasteiger partial charge on any atom is -0.375 e. The first-order valence-corrected chi connectivity index (χ1v) is 8.19. The van der Waals surface area contributed by atoms with Crippen LogP contribution in [0, 0.1) is 11.8 Å². The summed E-state index contributed by atoms with van der Waals surface area (Å²) in [5.74, 6) is 1.29. The number of likely N-dealkylation sites (tertiary alicyclic amines) is 1. The molecule has 1 heterocycles. The van der Waals surface area contributed by atoms with Gasteiger partial charge in [0.2, 0.25) is 0 Å². The minimum atomic E-state index is 0.0331. The van der Waals surface area contributed by atoms with E-state index in [2.05, 4.69) is 42.4 Å². The van der Waals surface area contributed by atoms with Gasteiger partial charge in [0.1, 0.15) is 0 Å². The van der Waals surface area contributed by atoms with Gasteiger partial charge in [0, 0.05) is 38.1 Å². The summed E-state index contributed by atoms with van der Waals surface area (Å²) in [6.07, 6.45) is 6.75. The number of allylic oxidation sites excluding steroid dienone is 2. The van der Waals surface area contributed by atoms with E-state index in [1.807, 2.05) is 23.1 Å². The van der Waals surface area contributed by atoms with Crippen molar-refractivity contribution in [3.8, 4) is 0 Å². The second kappa shape index (κ2) is 6.42. The number of rotatable bonds is 3. The molecule has 1 saturated heterocycles. The van der Waals surface area contributed by atoms with E-state index in [1.165, 1.54) is 0 Å². The summed E-state index contributed by atoms with van der Waals surface area (Å²) >= 11 is 0. The predicted molar refractivity (Wildman–Crippen MR) is 91.3 cm³/mol. The van der Waals surface area contributed by atoms with E-state index in [4.69, 9.17) is 0 Å². The Hall–Kier alpha value is -1.97. The van der Waals surface area contributed by atoms with Gasteiger partial charge in [-0.15, -0.1) is 0 Å². The zero-order valence-corrected chi connectivity index (χ0v) is 13.5. The van der Waals surface area contributed by atoms with E-state index in [9.17, 15) is 4.79 Å². The lowest BCUT2D eigenvalue weighted by atomic mass is 9.86. The normalized spacial score (nSPS) is 23.3. The molecule has 2 amide bonds. The molecule has 4 nitrogen and oxygen atoms in total. The zero-order chi connectivity index (χ0) is 15.5. The lowest BCUT2D eigenvalue weighted by molar-refractivity contribution is 0.220. The second-order valence-corrected chi connectivity index (χ2v) is 6.36. The van der Waals surface area contributed by atoms with E-state index in [0.717, 1.165) is 43.9 Å². The van der Waals surface area contributed by atoms with Crippen LogP contribution in [0.25, 0.3) is 0 Å². The van der Waals surface area contributed by atoms with Gasteiger partial charge in [-0.25, -0.2) is 4.79 Å². The second-order valence-electron chi connectivity index (χ2n) is 6.36. The fraction of sp³-hybridized carbons (Fsp3) is 0.500. The Bertz CT molecular complexity index is 553. The maximum absolute atomic E-state index is 12.5. The lowest BCUT2D eigenvalue weighted by Gasteiger charge is -2.20. The van der Waals surface area contributed by atoms with E-state index in [1.54, 1.807) is 0 Å². The average molecular weight is 299 g/mol. The molecule has 1 aromatic rings. The Balaban J connectivity index is 1.63. The van der Waals surface area contributed by atoms with Crippen LogP contribution in [0.15, 0.2) is 36.4 Å². The Morgan fingerprint density at radius 3 is 2.59 bits per heavy atom. The van der Waals surface area contributed by atoms with Crippen molar-refractivity contribution >= 4 is 17.4 Å². The summed E-state index contributed by atoms with van der Waals surface area (Å²) in [6.45, 7) is 4.83. The van der Waals surface area contributed by atoms with Gasteiger partial charge in [-0.1, -0.05) is 18.2 Å². The molecule has 1 aliphatic carbocycles. The molecule has 0 spiro atoms. The van der Waals surface area contributed by atoms with Crippen molar-refractivity contribution in [3.05, 3.63) is 36.4 Å². The lowest BCUT2D eigenvalue weighted by Crippen LogP contribution is -2.33. The summed E-state index contributed by atoms with van der Waals surface area (Å²) in [5.41, 5.74) is 2.00. The predicted octanol–water partition coefficient (Wildman–Crippen LogP) is 3.57. The number of benzene rings is 1. The molecule has 0 unspecified atom stereocenters. The van der Waals surface area contributed by atoms with E-state index < -0.39 is 0 Å². The zero-order valence-electron chi connectivity index (χ0n) is 13.5. The molecule has 0 saturated carbocycles. The number of urea groups is 1. The third-order valence-corrected chi connectivity index (χ3v) is 4.92. The minimum absolute atomic E-state index is 0.0331. The summed E-state index contributed by atoms with van der Waals surface area (Å²) in [4.78, 5) is 16.6. The molecule has 0 bridgehead atoms. The molecule has 1 aliphatic heterocycles. The van der Waals surface area contributed by atoms with Crippen LogP contribution in [0.1, 0.15) is 19.8 Å². The Kier molecular flexibility index (Phi) is 4.36. The fourth-order valence-electron chi connectivity index (χ4n) is 3.39. The Morgan fingerprint density at radius 1 is 1.27 bits per heavy atom. The van der Waals surface area contributed by atoms with Crippen LogP contribution in [-0.4, -0.2) is 37.6 Å². The number of carbonyl (C=O) groups is 1. The standard InChI is InChI=1S/C18H25N3O/c1-3-20(2)17-10-6-9-16(11-17)19-18(22)21-12-14-7-4-5-8-15(14)13-21/h4-6,9-11,14-15H,3,7-8,12-13H2,1-2H3,(H,19,22)/t14-,15+. The van der Waals surface area contributed by atoms with E-state index in [-0.39, 0.29) is 6.03 Å². The number of nitrogens with zero attached hydrogens (tertiary/aromatic N) is 2. The van der Waals surface area contributed by atoms with Gasteiger partial charge < -0.3 is 15.1 Å². The number of amides is 2. The van der Waals surface area contributed by atoms with Crippen LogP contribution < -0.4 is 10.2 Å². The van der Waals surface area contributed by atoms with Gasteiger partial charge in [-0.2, -0.15) is 0 Å². The molecule has 2 atom stereocenters. The first-order chi connectivity index (χ1) is 10.7. The molecule has 2 aliphatic rings. The van der Waals surface area contributed by atoms with Crippen molar-refractivity contribution < 1.29 is 4.79 Å². The monoisotopic (exact) mass is 299 g/mol. The summed E-state index contributed by atoms with van der Waals surface area (Å²) in [5, 5.41) is 3.05. The van der Waals surface area contributed by atoms with Crippen LogP contribution in [0.2, 0.25) is 0 Å². The largest absolute Gasteiger partial charge is 0.375 e. The number of hydrogen-bond acceptors (Lipinski definition) is 2. The van der Waals surface area contributed by atoms with Gasteiger partial charge in [0.05, 0.1) is 0 Å². The number of anilines is 2. The highest BCUT2D eigenvalue weighted by Crippen LogP contribution is 2.33. The van der Waals surface area contributed by atoms with Crippen LogP contribution >= 0.6 is 0 Å². The van der Waals surface area contributed by atoms with Gasteiger partial charge in [-0.05, 0) is 49.8 Å². The highest BCUT2D eigenvalue weighted by molar-refractivity contribution is 5.90. The van der Waals surface area contributed by atoms with Gasteiger partial charge >= 0.3 is 6.03 Å². The topological polar surface area (TPSA) is 35.6 Å². The van der Waals surface area contributed by atoms with Crippen LogP contribution in [0.5, 0.6) is 0 Å². The van der Waals surface area contributed by atoms with Crippen molar-refractivity contribution in [2.24, 2.45) is 11.8 Å². The van der Waals surface area contributed by atoms with Crippen molar-refractivity contribution in [1.29, 1.82) is 0 Å². The third kappa shape index (κ3) is 3.11. The average Bonchev–Trinajstić information content (AvgIpc) is 2.98. The molecule has 1 aromatic carbocycles. The van der Waals surface area contributed by atoms with Crippen molar-refractivity contribution in [3.63, 3.8) is 0 Å². The molecule has 0 radical (unpaired) electrons. The smallest absolute Gasteiger partial charge is 0.321 e. The number of hydrogen-bond donors (Lipinski definition) is 1. The van der Waals surface area contributed by atoms with Gasteiger partial charge in [0.25, 0.3) is 0 Å². The number of carbonyl (C=O) groups excluding carboxylic acids is 1. The molecule has 0 aromatic heterocycles. The number of fused-ring (bicyclic) bond motifs is 1. The SMILES string of the molecule is CCN(C)c1cccc(NC(=O)N2C[C@H]3CC=CC[C@H]3C2)c1. The first kappa shape index (κ1) is 14.9. The number of nitrogens with one attached hydrogen (secondary N) is 1. The van der Waals surface area contributed by atoms with Crippen LogP contribution in [0.3, 0.4) is 0 Å². The summed E-state index contributed by atoms with van der Waals surface area (Å²) < 4.78 is 0. The molecule has 1 N–H and O–H groups in total. The van der Waals surface area contributed by atoms with E-state index in [0.29, 0.717) is 11.8 Å². The summed E-state index contributed by atoms with van der Waals surface area (Å²) in [6, 6.07) is 8.08. The Labute approximate surface area is 132 Å². The van der Waals surface area contributed by atoms with Gasteiger partial charge in [-0.3, -0.25) is 0 Å². The summed E-state index contributed by atoms with van der Waals surface area (Å²) in [7, 11) is 2.05. The molecular formula is C18H25N3O. The fourth-order valence-corrected chi connectivity index (χ4v) is 3.39. The van der Waals surface area contributed by atoms with Crippen LogP contribution in [0.4, 0.5) is 16.2 Å². The third-order valence-electron chi connectivity index (χ3n) is 4.92. The molecule has 118 valence electrons. The quantitative estimate of drug-likeness (QED) is 0.866. The Morgan fingerprint density at radius 2 is 1.95 bits per heavy atom. The van der Waals surface area contributed by atoms with Gasteiger partial charge in [0.15, 0.2) is 0 Å². The van der Waals surface area contributed by atoms with Crippen molar-refractivity contribution in [2.75, 3.05) is 36.9 Å². The maximum Gasteiger partial charge on any atom is 0.321 e. The maximum atomic E-state index is 12.5. The first-order valence-electron chi connectivity index (χ1n) is 8.19. The molecule has 22 heavy (non-hydrogen) atoms. The highest BCUT2D eigenvalue weighted by Gasteiger charge is 2.35.